The molecule has 0 aliphatic heterocycles. The van der Waals surface area contributed by atoms with Crippen LogP contribution in [0.25, 0.3) is 0 Å². The number of pyridine rings is 1. The first-order valence-corrected chi connectivity index (χ1v) is 7.61. The van der Waals surface area contributed by atoms with Crippen molar-refractivity contribution in [2.24, 2.45) is 0 Å². The average molecular weight is 348 g/mol. The van der Waals surface area contributed by atoms with Gasteiger partial charge in [0.15, 0.2) is 0 Å². The van der Waals surface area contributed by atoms with E-state index in [2.05, 4.69) is 31.5 Å². The van der Waals surface area contributed by atoms with E-state index in [1.54, 1.807) is 6.20 Å². The van der Waals surface area contributed by atoms with Gasteiger partial charge >= 0.3 is 0 Å². The molecule has 110 valence electrons. The number of nitrogens with zero attached hydrogens (tertiary/aromatic N) is 1. The van der Waals surface area contributed by atoms with Gasteiger partial charge in [0.2, 0.25) is 5.91 Å². The molecule has 0 saturated heterocycles. The van der Waals surface area contributed by atoms with Gasteiger partial charge < -0.3 is 10.6 Å². The van der Waals surface area contributed by atoms with E-state index in [9.17, 15) is 4.79 Å². The summed E-state index contributed by atoms with van der Waals surface area (Å²) >= 11 is 3.41. The largest absolute Gasteiger partial charge is 0.381 e. The Balaban J connectivity index is 2.08. The zero-order valence-electron chi connectivity index (χ0n) is 12.1. The summed E-state index contributed by atoms with van der Waals surface area (Å²) in [7, 11) is 0. The maximum absolute atomic E-state index is 11.4. The molecule has 4 nitrogen and oxygen atoms in total. The molecule has 0 atom stereocenters. The Kier molecular flexibility index (Phi) is 5.33. The lowest BCUT2D eigenvalue weighted by Gasteiger charge is -2.12. The van der Waals surface area contributed by atoms with Crippen LogP contribution < -0.4 is 10.6 Å². The van der Waals surface area contributed by atoms with Crippen molar-refractivity contribution in [3.63, 3.8) is 0 Å². The minimum absolute atomic E-state index is 0.0148. The summed E-state index contributed by atoms with van der Waals surface area (Å²) in [5.41, 5.74) is 4.03. The number of hydrogen-bond donors (Lipinski definition) is 2. The Morgan fingerprint density at radius 2 is 2.10 bits per heavy atom. The number of amides is 1. The Bertz CT molecular complexity index is 643. The first-order valence-electron chi connectivity index (χ1n) is 6.82. The molecule has 0 aliphatic rings. The summed E-state index contributed by atoms with van der Waals surface area (Å²) in [6, 6.07) is 7.88. The van der Waals surface area contributed by atoms with Gasteiger partial charge in [-0.25, -0.2) is 0 Å². The van der Waals surface area contributed by atoms with E-state index in [0.717, 1.165) is 27.0 Å². The molecule has 0 aliphatic carbocycles. The molecule has 1 amide bonds. The molecule has 0 radical (unpaired) electrons. The molecule has 2 rings (SSSR count). The number of rotatable bonds is 5. The number of carbonyl (C=O) groups excluding carboxylic acids is 1. The highest BCUT2D eigenvalue weighted by Crippen LogP contribution is 2.21. The van der Waals surface area contributed by atoms with Gasteiger partial charge in [-0.15, -0.1) is 0 Å². The van der Waals surface area contributed by atoms with Crippen LogP contribution in [0.1, 0.15) is 24.5 Å². The second kappa shape index (κ2) is 7.22. The smallest absolute Gasteiger partial charge is 0.224 e. The SMILES string of the molecule is CCC(=O)Nc1ccc(C)c(NCc2cncc(Br)c2)c1. The third-order valence-electron chi connectivity index (χ3n) is 3.09. The predicted molar refractivity (Wildman–Crippen MR) is 89.4 cm³/mol. The predicted octanol–water partition coefficient (Wildman–Crippen LogP) is 4.11. The Hall–Kier alpha value is -1.88. The number of anilines is 2. The maximum atomic E-state index is 11.4. The molecule has 2 aromatic rings. The van der Waals surface area contributed by atoms with Gasteiger partial charge in [0, 0.05) is 41.2 Å². The van der Waals surface area contributed by atoms with Crippen molar-refractivity contribution in [3.8, 4) is 0 Å². The van der Waals surface area contributed by atoms with E-state index < -0.39 is 0 Å². The molecule has 2 N–H and O–H groups in total. The molecule has 0 saturated carbocycles. The fourth-order valence-electron chi connectivity index (χ4n) is 1.89. The highest BCUT2D eigenvalue weighted by molar-refractivity contribution is 9.10. The number of carbonyl (C=O) groups is 1. The fraction of sp³-hybridized carbons (Fsp3) is 0.250. The van der Waals surface area contributed by atoms with Gasteiger partial charge in [0.1, 0.15) is 0 Å². The monoisotopic (exact) mass is 347 g/mol. The van der Waals surface area contributed by atoms with E-state index in [0.29, 0.717) is 13.0 Å². The van der Waals surface area contributed by atoms with Gasteiger partial charge in [-0.05, 0) is 52.2 Å². The highest BCUT2D eigenvalue weighted by atomic mass is 79.9. The summed E-state index contributed by atoms with van der Waals surface area (Å²) in [5, 5.41) is 6.24. The first-order chi connectivity index (χ1) is 10.1. The van der Waals surface area contributed by atoms with Crippen LogP contribution in [-0.2, 0) is 11.3 Å². The lowest BCUT2D eigenvalue weighted by molar-refractivity contribution is -0.115. The molecule has 1 heterocycles. The quantitative estimate of drug-likeness (QED) is 0.855. The Morgan fingerprint density at radius 1 is 1.29 bits per heavy atom. The standard InChI is InChI=1S/C16H18BrN3O/c1-3-16(21)20-14-5-4-11(2)15(7-14)19-9-12-6-13(17)10-18-8-12/h4-8,10,19H,3,9H2,1-2H3,(H,20,21). The van der Waals surface area contributed by atoms with Crippen LogP contribution in [0.15, 0.2) is 41.1 Å². The zero-order valence-corrected chi connectivity index (χ0v) is 13.7. The molecule has 1 aromatic carbocycles. The minimum Gasteiger partial charge on any atom is -0.381 e. The van der Waals surface area contributed by atoms with Crippen LogP contribution in [-0.4, -0.2) is 10.9 Å². The van der Waals surface area contributed by atoms with Crippen LogP contribution in [0.2, 0.25) is 0 Å². The molecule has 1 aromatic heterocycles. The van der Waals surface area contributed by atoms with Crippen molar-refractivity contribution in [2.45, 2.75) is 26.8 Å². The summed E-state index contributed by atoms with van der Waals surface area (Å²) in [5.74, 6) is 0.0148. The van der Waals surface area contributed by atoms with Gasteiger partial charge in [0.05, 0.1) is 0 Å². The van der Waals surface area contributed by atoms with Crippen molar-refractivity contribution in [1.29, 1.82) is 0 Å². The molecule has 0 unspecified atom stereocenters. The first kappa shape index (κ1) is 15.5. The molecule has 0 bridgehead atoms. The average Bonchev–Trinajstić information content (AvgIpc) is 2.47. The van der Waals surface area contributed by atoms with E-state index in [-0.39, 0.29) is 5.91 Å². The molecule has 0 spiro atoms. The topological polar surface area (TPSA) is 54.0 Å². The van der Waals surface area contributed by atoms with Crippen molar-refractivity contribution in [2.75, 3.05) is 10.6 Å². The summed E-state index contributed by atoms with van der Waals surface area (Å²) < 4.78 is 0.961. The Morgan fingerprint density at radius 3 is 2.81 bits per heavy atom. The second-order valence-corrected chi connectivity index (χ2v) is 5.71. The summed E-state index contributed by atoms with van der Waals surface area (Å²) in [4.78, 5) is 15.6. The number of benzene rings is 1. The number of aryl methyl sites for hydroxylation is 1. The van der Waals surface area contributed by atoms with Gasteiger partial charge in [-0.3, -0.25) is 9.78 Å². The van der Waals surface area contributed by atoms with E-state index in [1.807, 2.05) is 44.3 Å². The van der Waals surface area contributed by atoms with Crippen molar-refractivity contribution in [3.05, 3.63) is 52.3 Å². The summed E-state index contributed by atoms with van der Waals surface area (Å²) in [6.07, 6.45) is 4.06. The molecule has 5 heteroatoms. The van der Waals surface area contributed by atoms with Crippen LogP contribution in [0.5, 0.6) is 0 Å². The second-order valence-electron chi connectivity index (χ2n) is 4.80. The molecular weight excluding hydrogens is 330 g/mol. The van der Waals surface area contributed by atoms with Gasteiger partial charge in [0.25, 0.3) is 0 Å². The van der Waals surface area contributed by atoms with Crippen molar-refractivity contribution in [1.82, 2.24) is 4.98 Å². The number of nitrogens with one attached hydrogen (secondary N) is 2. The van der Waals surface area contributed by atoms with E-state index in [4.69, 9.17) is 0 Å². The zero-order chi connectivity index (χ0) is 15.2. The molecular formula is C16H18BrN3O. The van der Waals surface area contributed by atoms with Gasteiger partial charge in [-0.1, -0.05) is 13.0 Å². The minimum atomic E-state index is 0.0148. The summed E-state index contributed by atoms with van der Waals surface area (Å²) in [6.45, 7) is 4.55. The lowest BCUT2D eigenvalue weighted by atomic mass is 10.1. The van der Waals surface area contributed by atoms with Crippen LogP contribution in [0.4, 0.5) is 11.4 Å². The fourth-order valence-corrected chi connectivity index (χ4v) is 2.30. The molecule has 0 fully saturated rings. The van der Waals surface area contributed by atoms with Crippen LogP contribution in [0, 0.1) is 6.92 Å². The number of aromatic nitrogens is 1. The normalized spacial score (nSPS) is 10.2. The van der Waals surface area contributed by atoms with Crippen molar-refractivity contribution < 1.29 is 4.79 Å². The molecule has 21 heavy (non-hydrogen) atoms. The van der Waals surface area contributed by atoms with E-state index in [1.165, 1.54) is 0 Å². The highest BCUT2D eigenvalue weighted by Gasteiger charge is 2.03. The number of halogens is 1. The number of hydrogen-bond acceptors (Lipinski definition) is 3. The van der Waals surface area contributed by atoms with Gasteiger partial charge in [-0.2, -0.15) is 0 Å². The third-order valence-corrected chi connectivity index (χ3v) is 3.52. The van der Waals surface area contributed by atoms with Crippen LogP contribution >= 0.6 is 15.9 Å². The maximum Gasteiger partial charge on any atom is 0.224 e. The third kappa shape index (κ3) is 4.56. The lowest BCUT2D eigenvalue weighted by Crippen LogP contribution is -2.10. The van der Waals surface area contributed by atoms with Crippen molar-refractivity contribution >= 4 is 33.2 Å². The Labute approximate surface area is 133 Å². The van der Waals surface area contributed by atoms with E-state index >= 15 is 0 Å². The van der Waals surface area contributed by atoms with Crippen LogP contribution in [0.3, 0.4) is 0 Å².